The molecule has 9 rings (SSSR count). The first kappa shape index (κ1) is 24.9. The summed E-state index contributed by atoms with van der Waals surface area (Å²) >= 11 is 0. The van der Waals surface area contributed by atoms with Gasteiger partial charge in [-0.15, -0.1) is 0 Å². The Morgan fingerprint density at radius 1 is 0.682 bits per heavy atom. The molecule has 4 nitrogen and oxygen atoms in total. The number of benzene rings is 5. The fourth-order valence-electron chi connectivity index (χ4n) is 7.45. The molecular formula is C40H26N2O2. The molecule has 2 atom stereocenters. The highest BCUT2D eigenvalue weighted by molar-refractivity contribution is 6.14. The Balaban J connectivity index is 1.13. The van der Waals surface area contributed by atoms with E-state index in [0.717, 1.165) is 22.3 Å². The van der Waals surface area contributed by atoms with Crippen molar-refractivity contribution in [2.75, 3.05) is 0 Å². The number of carbonyl (C=O) groups is 1. The van der Waals surface area contributed by atoms with Crippen molar-refractivity contribution < 1.29 is 4.79 Å². The average Bonchev–Trinajstić information content (AvgIpc) is 3.35. The summed E-state index contributed by atoms with van der Waals surface area (Å²) in [5.41, 5.74) is 10.8. The van der Waals surface area contributed by atoms with Crippen LogP contribution < -0.4 is 5.56 Å². The highest BCUT2D eigenvalue weighted by Crippen LogP contribution is 2.53. The van der Waals surface area contributed by atoms with Crippen LogP contribution in [0.15, 0.2) is 138 Å². The van der Waals surface area contributed by atoms with E-state index in [1.54, 1.807) is 12.1 Å². The van der Waals surface area contributed by atoms with E-state index in [4.69, 9.17) is 0 Å². The van der Waals surface area contributed by atoms with Crippen LogP contribution in [0.1, 0.15) is 40.2 Å². The second-order valence-electron chi connectivity index (χ2n) is 12.1. The molecule has 4 heteroatoms. The Morgan fingerprint density at radius 2 is 1.43 bits per heavy atom. The quantitative estimate of drug-likeness (QED) is 0.211. The molecule has 0 radical (unpaired) electrons. The molecule has 0 saturated heterocycles. The summed E-state index contributed by atoms with van der Waals surface area (Å²) in [5, 5.41) is 0.502. The number of para-hydroxylation sites is 1. The van der Waals surface area contributed by atoms with Crippen LogP contribution in [-0.2, 0) is 5.41 Å². The van der Waals surface area contributed by atoms with Crippen LogP contribution in [0, 0.1) is 0 Å². The summed E-state index contributed by atoms with van der Waals surface area (Å²) in [7, 11) is 0. The summed E-state index contributed by atoms with van der Waals surface area (Å²) in [5.74, 6) is 0.191. The second kappa shape index (κ2) is 8.95. The van der Waals surface area contributed by atoms with Gasteiger partial charge in [0.15, 0.2) is 5.82 Å². The number of hydrogen-bond donors (Lipinski definition) is 0. The minimum Gasteiger partial charge on any atom is -0.285 e. The van der Waals surface area contributed by atoms with Gasteiger partial charge in [0.1, 0.15) is 0 Å². The van der Waals surface area contributed by atoms with Crippen LogP contribution in [0.3, 0.4) is 0 Å². The number of hydrogen-bond acceptors (Lipinski definition) is 3. The smallest absolute Gasteiger partial charge is 0.266 e. The lowest BCUT2D eigenvalue weighted by Crippen LogP contribution is -2.32. The maximum Gasteiger partial charge on any atom is 0.266 e. The van der Waals surface area contributed by atoms with E-state index in [2.05, 4.69) is 103 Å². The van der Waals surface area contributed by atoms with Gasteiger partial charge in [0, 0.05) is 11.3 Å². The lowest BCUT2D eigenvalue weighted by atomic mass is 9.60. The lowest BCUT2D eigenvalue weighted by molar-refractivity contribution is 0.103. The van der Waals surface area contributed by atoms with Crippen LogP contribution in [0.5, 0.6) is 0 Å². The molecule has 44 heavy (non-hydrogen) atoms. The molecule has 3 aliphatic rings. The largest absolute Gasteiger partial charge is 0.285 e. The summed E-state index contributed by atoms with van der Waals surface area (Å²) in [4.78, 5) is 31.4. The van der Waals surface area contributed by atoms with Crippen molar-refractivity contribution in [1.82, 2.24) is 9.55 Å². The van der Waals surface area contributed by atoms with Crippen molar-refractivity contribution in [3.05, 3.63) is 166 Å². The molecule has 0 amide bonds. The van der Waals surface area contributed by atoms with E-state index in [9.17, 15) is 9.59 Å². The molecule has 0 N–H and O–H groups in total. The van der Waals surface area contributed by atoms with Gasteiger partial charge in [-0.05, 0) is 80.9 Å². The van der Waals surface area contributed by atoms with Gasteiger partial charge in [-0.2, -0.15) is 0 Å². The van der Waals surface area contributed by atoms with Gasteiger partial charge >= 0.3 is 0 Å². The Hall–Kier alpha value is -5.61. The molecule has 208 valence electrons. The lowest BCUT2D eigenvalue weighted by Gasteiger charge is -2.42. The number of aromatic nitrogens is 2. The van der Waals surface area contributed by atoms with Gasteiger partial charge in [-0.3, -0.25) is 14.2 Å². The molecule has 2 aliphatic carbocycles. The third-order valence-electron chi connectivity index (χ3n) is 9.68. The summed E-state index contributed by atoms with van der Waals surface area (Å²) in [6.45, 7) is 2.34. The highest BCUT2D eigenvalue weighted by atomic mass is 16.1. The van der Waals surface area contributed by atoms with Gasteiger partial charge < -0.3 is 0 Å². The number of nitrogens with zero attached hydrogens (tertiary/aromatic N) is 2. The first-order chi connectivity index (χ1) is 21.5. The predicted molar refractivity (Wildman–Crippen MR) is 175 cm³/mol. The van der Waals surface area contributed by atoms with Crippen molar-refractivity contribution in [3.8, 4) is 39.1 Å². The SMILES string of the molecule is CC12C=CC=CC1c1cc(-c3cccc(-c4ccc5c(c4)C(=O)c4nc6ccccc6c(=O)n4-5)c3)ccc1-c1ccccc12. The van der Waals surface area contributed by atoms with Crippen molar-refractivity contribution in [2.24, 2.45) is 0 Å². The first-order valence-corrected chi connectivity index (χ1v) is 14.9. The molecular weight excluding hydrogens is 540 g/mol. The van der Waals surface area contributed by atoms with Crippen LogP contribution in [-0.4, -0.2) is 15.3 Å². The number of allylic oxidation sites excluding steroid dienone is 4. The molecule has 0 fully saturated rings. The third-order valence-corrected chi connectivity index (χ3v) is 9.68. The number of ketones is 1. The zero-order valence-corrected chi connectivity index (χ0v) is 24.0. The Bertz CT molecular complexity index is 2360. The molecule has 0 bridgehead atoms. The van der Waals surface area contributed by atoms with Crippen LogP contribution in [0.25, 0.3) is 50.0 Å². The summed E-state index contributed by atoms with van der Waals surface area (Å²) < 4.78 is 1.45. The number of fused-ring (bicyclic) bond motifs is 10. The fourth-order valence-corrected chi connectivity index (χ4v) is 7.45. The predicted octanol–water partition coefficient (Wildman–Crippen LogP) is 8.41. The summed E-state index contributed by atoms with van der Waals surface area (Å²) in [6.07, 6.45) is 9.00. The Kier molecular flexibility index (Phi) is 5.07. The van der Waals surface area contributed by atoms with Gasteiger partial charge in [-0.25, -0.2) is 4.98 Å². The monoisotopic (exact) mass is 566 g/mol. The molecule has 1 aromatic heterocycles. The standard InChI is InChI=1S/C40H26N2O2/c1-40-20-7-6-14-34(40)31-22-26(16-18-28(31)29-11-2-4-13-33(29)40)24-9-8-10-25(21-24)27-17-19-36-32(23-27)37(43)38-41-35-15-5-3-12-30(35)39(44)42(36)38/h2-23,34H,1H3. The topological polar surface area (TPSA) is 52.0 Å². The number of rotatable bonds is 2. The minimum atomic E-state index is -0.228. The molecule has 0 saturated carbocycles. The normalized spacial score (nSPS) is 18.8. The molecule has 5 aromatic carbocycles. The van der Waals surface area contributed by atoms with Gasteiger partial charge in [0.05, 0.1) is 22.2 Å². The minimum absolute atomic E-state index is 0.101. The van der Waals surface area contributed by atoms with E-state index < -0.39 is 0 Å². The van der Waals surface area contributed by atoms with E-state index in [0.29, 0.717) is 22.2 Å². The molecule has 2 unspecified atom stereocenters. The molecule has 2 heterocycles. The van der Waals surface area contributed by atoms with Gasteiger partial charge in [0.25, 0.3) is 5.56 Å². The second-order valence-corrected chi connectivity index (χ2v) is 12.1. The first-order valence-electron chi connectivity index (χ1n) is 14.9. The van der Waals surface area contributed by atoms with E-state index in [1.165, 1.54) is 26.8 Å². The maximum atomic E-state index is 13.5. The van der Waals surface area contributed by atoms with Crippen LogP contribution >= 0.6 is 0 Å². The van der Waals surface area contributed by atoms with Gasteiger partial charge in [0.2, 0.25) is 5.78 Å². The molecule has 6 aromatic rings. The average molecular weight is 567 g/mol. The van der Waals surface area contributed by atoms with Gasteiger partial charge in [-0.1, -0.05) is 104 Å². The number of carbonyl (C=O) groups excluding carboxylic acids is 1. The Morgan fingerprint density at radius 3 is 2.32 bits per heavy atom. The summed E-state index contributed by atoms with van der Waals surface area (Å²) in [6, 6.07) is 37.0. The van der Waals surface area contributed by atoms with Crippen molar-refractivity contribution in [1.29, 1.82) is 0 Å². The molecule has 0 spiro atoms. The molecule has 1 aliphatic heterocycles. The zero-order chi connectivity index (χ0) is 29.6. The third kappa shape index (κ3) is 3.36. The van der Waals surface area contributed by atoms with Crippen molar-refractivity contribution in [2.45, 2.75) is 18.3 Å². The highest BCUT2D eigenvalue weighted by Gasteiger charge is 2.41. The van der Waals surface area contributed by atoms with E-state index in [-0.39, 0.29) is 28.5 Å². The fraction of sp³-hybridized carbons (Fsp3) is 0.0750. The van der Waals surface area contributed by atoms with Crippen LogP contribution in [0.4, 0.5) is 0 Å². The Labute approximate surface area is 254 Å². The van der Waals surface area contributed by atoms with E-state index in [1.807, 2.05) is 30.3 Å². The van der Waals surface area contributed by atoms with E-state index >= 15 is 0 Å². The van der Waals surface area contributed by atoms with Crippen molar-refractivity contribution >= 4 is 16.7 Å². The van der Waals surface area contributed by atoms with Crippen molar-refractivity contribution in [3.63, 3.8) is 0 Å². The zero-order valence-electron chi connectivity index (χ0n) is 24.0. The van der Waals surface area contributed by atoms with Crippen LogP contribution in [0.2, 0.25) is 0 Å². The maximum absolute atomic E-state index is 13.5.